The highest BCUT2D eigenvalue weighted by Crippen LogP contribution is 2.35. The summed E-state index contributed by atoms with van der Waals surface area (Å²) in [5, 5.41) is 10.7. The van der Waals surface area contributed by atoms with E-state index >= 15 is 0 Å². The molecule has 3 rings (SSSR count). The Labute approximate surface area is 167 Å². The summed E-state index contributed by atoms with van der Waals surface area (Å²) >= 11 is 9.95. The lowest BCUT2D eigenvalue weighted by atomic mass is 10.2. The fraction of sp³-hybridized carbons (Fsp3) is 0. The van der Waals surface area contributed by atoms with Crippen LogP contribution in [0.3, 0.4) is 0 Å². The van der Waals surface area contributed by atoms with Gasteiger partial charge in [-0.3, -0.25) is 19.8 Å². The Morgan fingerprint density at radius 1 is 1.19 bits per heavy atom. The van der Waals surface area contributed by atoms with Gasteiger partial charge in [0.15, 0.2) is 4.32 Å². The largest absolute Gasteiger partial charge is 0.270 e. The van der Waals surface area contributed by atoms with E-state index in [0.717, 1.165) is 10.0 Å². The van der Waals surface area contributed by atoms with Crippen LogP contribution in [0.25, 0.3) is 6.08 Å². The minimum Gasteiger partial charge on any atom is -0.268 e. The van der Waals surface area contributed by atoms with Crippen LogP contribution in [0.4, 0.5) is 11.4 Å². The monoisotopic (exact) mass is 446 g/mol. The molecule has 2 aromatic rings. The number of hydrogen-bond donors (Lipinski definition) is 0. The first-order valence-corrected chi connectivity index (χ1v) is 9.42. The number of halogens is 1. The number of carbonyl (C=O) groups excluding carboxylic acids is 1. The lowest BCUT2D eigenvalue weighted by Crippen LogP contribution is -2.27. The van der Waals surface area contributed by atoms with E-state index in [4.69, 9.17) is 12.2 Å². The Morgan fingerprint density at radius 2 is 1.92 bits per heavy atom. The molecular formula is C18H11BrN2O3S2. The van der Waals surface area contributed by atoms with E-state index < -0.39 is 4.92 Å². The number of nitro groups is 1. The van der Waals surface area contributed by atoms with Crippen LogP contribution in [0.5, 0.6) is 0 Å². The molecule has 0 aliphatic carbocycles. The van der Waals surface area contributed by atoms with Gasteiger partial charge in [-0.1, -0.05) is 58.1 Å². The van der Waals surface area contributed by atoms with E-state index in [-0.39, 0.29) is 11.6 Å². The molecule has 5 nitrogen and oxygen atoms in total. The Kier molecular flexibility index (Phi) is 5.65. The molecule has 0 unspecified atom stereocenters. The molecule has 8 heteroatoms. The topological polar surface area (TPSA) is 63.4 Å². The van der Waals surface area contributed by atoms with E-state index in [2.05, 4.69) is 15.9 Å². The number of benzene rings is 2. The third-order valence-corrected chi connectivity index (χ3v) is 5.31. The van der Waals surface area contributed by atoms with E-state index in [9.17, 15) is 14.9 Å². The number of nitrogens with zero attached hydrogens (tertiary/aromatic N) is 2. The number of thioether (sulfide) groups is 1. The van der Waals surface area contributed by atoms with E-state index in [1.807, 2.05) is 24.3 Å². The number of thiocarbonyl (C=S) groups is 1. The molecule has 0 spiro atoms. The first kappa shape index (κ1) is 18.5. The van der Waals surface area contributed by atoms with Crippen molar-refractivity contribution in [2.75, 3.05) is 4.90 Å². The second kappa shape index (κ2) is 7.94. The standard InChI is InChI=1S/C18H11BrN2O3S2/c19-13-4-2-5-15(11-13)20-17(22)16(26-18(20)25)6-1-3-12-7-9-14(10-8-12)21(23)24/h1-11H. The number of rotatable bonds is 4. The maximum atomic E-state index is 12.6. The van der Waals surface area contributed by atoms with Crippen molar-refractivity contribution in [2.24, 2.45) is 0 Å². The predicted octanol–water partition coefficient (Wildman–Crippen LogP) is 5.32. The van der Waals surface area contributed by atoms with E-state index in [1.54, 1.807) is 30.4 Å². The first-order chi connectivity index (χ1) is 12.5. The van der Waals surface area contributed by atoms with Crippen LogP contribution >= 0.6 is 39.9 Å². The molecule has 1 heterocycles. The van der Waals surface area contributed by atoms with Crippen LogP contribution in [-0.2, 0) is 4.79 Å². The average molecular weight is 447 g/mol. The number of hydrogen-bond acceptors (Lipinski definition) is 5. The smallest absolute Gasteiger partial charge is 0.268 e. The van der Waals surface area contributed by atoms with Gasteiger partial charge in [0.1, 0.15) is 0 Å². The molecule has 1 aliphatic rings. The Bertz CT molecular complexity index is 955. The lowest BCUT2D eigenvalue weighted by Gasteiger charge is -2.14. The van der Waals surface area contributed by atoms with E-state index in [1.165, 1.54) is 28.8 Å². The maximum absolute atomic E-state index is 12.6. The fourth-order valence-electron chi connectivity index (χ4n) is 2.27. The van der Waals surface area contributed by atoms with Gasteiger partial charge >= 0.3 is 0 Å². The zero-order chi connectivity index (χ0) is 18.7. The van der Waals surface area contributed by atoms with Crippen LogP contribution < -0.4 is 4.90 Å². The minimum absolute atomic E-state index is 0.0389. The normalized spacial score (nSPS) is 16.0. The third kappa shape index (κ3) is 4.09. The van der Waals surface area contributed by atoms with Gasteiger partial charge < -0.3 is 0 Å². The summed E-state index contributed by atoms with van der Waals surface area (Å²) in [6.07, 6.45) is 5.20. The second-order valence-electron chi connectivity index (χ2n) is 5.23. The Hall–Kier alpha value is -2.29. The number of nitro benzene ring substituents is 1. The molecular weight excluding hydrogens is 436 g/mol. The molecule has 1 saturated heterocycles. The van der Waals surface area contributed by atoms with Crippen LogP contribution in [0.1, 0.15) is 5.56 Å². The summed E-state index contributed by atoms with van der Waals surface area (Å²) in [5.41, 5.74) is 1.55. The number of non-ortho nitro benzene ring substituents is 1. The van der Waals surface area contributed by atoms with Crippen molar-refractivity contribution in [3.63, 3.8) is 0 Å². The van der Waals surface area contributed by atoms with Gasteiger partial charge in [-0.25, -0.2) is 0 Å². The van der Waals surface area contributed by atoms with Gasteiger partial charge in [-0.2, -0.15) is 0 Å². The highest BCUT2D eigenvalue weighted by Gasteiger charge is 2.32. The van der Waals surface area contributed by atoms with Crippen molar-refractivity contribution < 1.29 is 9.72 Å². The molecule has 1 amide bonds. The van der Waals surface area contributed by atoms with Crippen molar-refractivity contribution in [3.8, 4) is 0 Å². The highest BCUT2D eigenvalue weighted by molar-refractivity contribution is 9.10. The summed E-state index contributed by atoms with van der Waals surface area (Å²) in [7, 11) is 0. The summed E-state index contributed by atoms with van der Waals surface area (Å²) in [4.78, 5) is 24.8. The van der Waals surface area contributed by atoms with Crippen molar-refractivity contribution in [1.82, 2.24) is 0 Å². The quantitative estimate of drug-likeness (QED) is 0.275. The average Bonchev–Trinajstić information content (AvgIpc) is 2.89. The molecule has 2 aromatic carbocycles. The van der Waals surface area contributed by atoms with Gasteiger partial charge in [-0.05, 0) is 42.0 Å². The molecule has 0 saturated carbocycles. The zero-order valence-corrected chi connectivity index (χ0v) is 16.4. The van der Waals surface area contributed by atoms with Crippen molar-refractivity contribution >= 4 is 67.6 Å². The van der Waals surface area contributed by atoms with Crippen LogP contribution in [0.15, 0.2) is 70.1 Å². The van der Waals surface area contributed by atoms with Gasteiger partial charge in [0.05, 0.1) is 15.5 Å². The van der Waals surface area contributed by atoms with Gasteiger partial charge in [0, 0.05) is 16.6 Å². The van der Waals surface area contributed by atoms with Gasteiger partial charge in [0.2, 0.25) is 0 Å². The molecule has 0 atom stereocenters. The molecule has 0 aromatic heterocycles. The van der Waals surface area contributed by atoms with Crippen LogP contribution in [-0.4, -0.2) is 15.2 Å². The number of allylic oxidation sites excluding steroid dienone is 2. The van der Waals surface area contributed by atoms with Crippen molar-refractivity contribution in [1.29, 1.82) is 0 Å². The predicted molar refractivity (Wildman–Crippen MR) is 112 cm³/mol. The lowest BCUT2D eigenvalue weighted by molar-refractivity contribution is -0.384. The fourth-order valence-corrected chi connectivity index (χ4v) is 3.91. The summed E-state index contributed by atoms with van der Waals surface area (Å²) in [6.45, 7) is 0. The van der Waals surface area contributed by atoms with Gasteiger partial charge in [-0.15, -0.1) is 0 Å². The molecule has 0 radical (unpaired) electrons. The summed E-state index contributed by atoms with van der Waals surface area (Å²) in [6, 6.07) is 13.6. The molecule has 1 aliphatic heterocycles. The molecule has 1 fully saturated rings. The number of anilines is 1. The number of carbonyl (C=O) groups is 1. The molecule has 0 bridgehead atoms. The Balaban J connectivity index is 1.76. The van der Waals surface area contributed by atoms with Crippen molar-refractivity contribution in [2.45, 2.75) is 0 Å². The highest BCUT2D eigenvalue weighted by atomic mass is 79.9. The van der Waals surface area contributed by atoms with Crippen LogP contribution in [0.2, 0.25) is 0 Å². The van der Waals surface area contributed by atoms with Crippen molar-refractivity contribution in [3.05, 3.63) is 85.7 Å². The first-order valence-electron chi connectivity index (χ1n) is 7.40. The number of amides is 1. The SMILES string of the molecule is O=C1C(=CC=Cc2ccc([N+](=O)[O-])cc2)SC(=S)N1c1cccc(Br)c1. The second-order valence-corrected chi connectivity index (χ2v) is 7.82. The maximum Gasteiger partial charge on any atom is 0.270 e. The summed E-state index contributed by atoms with van der Waals surface area (Å²) in [5.74, 6) is -0.175. The van der Waals surface area contributed by atoms with Gasteiger partial charge in [0.25, 0.3) is 11.6 Å². The molecule has 0 N–H and O–H groups in total. The molecule has 26 heavy (non-hydrogen) atoms. The summed E-state index contributed by atoms with van der Waals surface area (Å²) < 4.78 is 1.34. The zero-order valence-electron chi connectivity index (χ0n) is 13.2. The minimum atomic E-state index is -0.444. The van der Waals surface area contributed by atoms with E-state index in [0.29, 0.717) is 14.9 Å². The Morgan fingerprint density at radius 3 is 2.58 bits per heavy atom. The third-order valence-electron chi connectivity index (χ3n) is 3.50. The van der Waals surface area contributed by atoms with Crippen LogP contribution in [0, 0.1) is 10.1 Å². The molecule has 130 valence electrons.